The molecule has 1 aliphatic heterocycles. The molecule has 1 saturated heterocycles. The number of amides is 1. The predicted octanol–water partition coefficient (Wildman–Crippen LogP) is 2.31. The molecule has 0 spiro atoms. The molecule has 6 heteroatoms. The minimum Gasteiger partial charge on any atom is -0.495 e. The molecule has 1 aromatic carbocycles. The molecule has 5 nitrogen and oxygen atoms in total. The van der Waals surface area contributed by atoms with E-state index in [1.807, 2.05) is 6.92 Å². The Kier molecular flexibility index (Phi) is 5.11. The van der Waals surface area contributed by atoms with Crippen LogP contribution < -0.4 is 9.47 Å². The highest BCUT2D eigenvalue weighted by molar-refractivity contribution is 9.10. The summed E-state index contributed by atoms with van der Waals surface area (Å²) in [7, 11) is 3.08. The molecular formula is C15H20BrNO4. The van der Waals surface area contributed by atoms with Gasteiger partial charge in [0.1, 0.15) is 16.0 Å². The Labute approximate surface area is 133 Å². The molecule has 0 radical (unpaired) electrons. The number of piperidine rings is 1. The van der Waals surface area contributed by atoms with Crippen molar-refractivity contribution in [1.82, 2.24) is 4.90 Å². The normalized spacial score (nSPS) is 22.0. The highest BCUT2D eigenvalue weighted by Crippen LogP contribution is 2.36. The summed E-state index contributed by atoms with van der Waals surface area (Å²) in [6.07, 6.45) is 0.333. The minimum atomic E-state index is -0.470. The van der Waals surface area contributed by atoms with E-state index in [9.17, 15) is 9.90 Å². The van der Waals surface area contributed by atoms with Crippen molar-refractivity contribution in [2.24, 2.45) is 5.92 Å². The van der Waals surface area contributed by atoms with Gasteiger partial charge >= 0.3 is 0 Å². The first-order valence-electron chi connectivity index (χ1n) is 6.86. The highest BCUT2D eigenvalue weighted by Gasteiger charge is 2.28. The lowest BCUT2D eigenvalue weighted by atomic mass is 9.95. The van der Waals surface area contributed by atoms with E-state index in [0.717, 1.165) is 6.42 Å². The van der Waals surface area contributed by atoms with Gasteiger partial charge in [0.15, 0.2) is 0 Å². The molecule has 1 heterocycles. The van der Waals surface area contributed by atoms with Gasteiger partial charge < -0.3 is 19.5 Å². The Hall–Kier alpha value is -1.27. The van der Waals surface area contributed by atoms with Crippen molar-refractivity contribution in [2.75, 3.05) is 27.3 Å². The number of carbonyl (C=O) groups is 1. The maximum atomic E-state index is 12.6. The summed E-state index contributed by atoms with van der Waals surface area (Å²) in [5.41, 5.74) is 0.494. The first-order chi connectivity index (χ1) is 9.97. The maximum absolute atomic E-state index is 12.6. The number of hydrogen-bond donors (Lipinski definition) is 1. The van der Waals surface area contributed by atoms with Gasteiger partial charge in [0.2, 0.25) is 0 Å². The largest absolute Gasteiger partial charge is 0.495 e. The molecule has 116 valence electrons. The van der Waals surface area contributed by atoms with Crippen molar-refractivity contribution >= 4 is 21.8 Å². The monoisotopic (exact) mass is 357 g/mol. The van der Waals surface area contributed by atoms with E-state index in [4.69, 9.17) is 9.47 Å². The fourth-order valence-electron chi connectivity index (χ4n) is 2.41. The molecule has 1 aliphatic rings. The summed E-state index contributed by atoms with van der Waals surface area (Å²) in [6, 6.07) is 3.36. The fraction of sp³-hybridized carbons (Fsp3) is 0.533. The molecule has 0 aromatic heterocycles. The molecule has 2 atom stereocenters. The van der Waals surface area contributed by atoms with Crippen molar-refractivity contribution in [3.63, 3.8) is 0 Å². The minimum absolute atomic E-state index is 0.120. The number of ether oxygens (including phenoxy) is 2. The number of aliphatic hydroxyl groups excluding tert-OH is 1. The zero-order chi connectivity index (χ0) is 15.6. The van der Waals surface area contributed by atoms with Crippen LogP contribution in [0, 0.1) is 5.92 Å². The Balaban J connectivity index is 2.27. The van der Waals surface area contributed by atoms with Crippen LogP contribution >= 0.6 is 15.9 Å². The number of rotatable bonds is 3. The number of nitrogens with zero attached hydrogens (tertiary/aromatic N) is 1. The predicted molar refractivity (Wildman–Crippen MR) is 82.9 cm³/mol. The third kappa shape index (κ3) is 3.32. The average Bonchev–Trinajstić information content (AvgIpc) is 2.49. The second-order valence-corrected chi connectivity index (χ2v) is 6.07. The Morgan fingerprint density at radius 1 is 1.33 bits per heavy atom. The second-order valence-electron chi connectivity index (χ2n) is 5.28. The lowest BCUT2D eigenvalue weighted by molar-refractivity contribution is 0.0248. The van der Waals surface area contributed by atoms with E-state index in [1.54, 1.807) is 31.3 Å². The van der Waals surface area contributed by atoms with Crippen LogP contribution in [0.4, 0.5) is 0 Å². The highest BCUT2D eigenvalue weighted by atomic mass is 79.9. The van der Waals surface area contributed by atoms with Crippen molar-refractivity contribution < 1.29 is 19.4 Å². The van der Waals surface area contributed by atoms with E-state index in [0.29, 0.717) is 34.6 Å². The SMILES string of the molecule is COc1cc(C(=O)N2CCC(C)C(O)C2)cc(OC)c1Br. The van der Waals surface area contributed by atoms with E-state index in [-0.39, 0.29) is 11.8 Å². The number of methoxy groups -OCH3 is 2. The molecule has 0 aliphatic carbocycles. The molecule has 1 fully saturated rings. The molecule has 1 N–H and O–H groups in total. The molecule has 2 unspecified atom stereocenters. The number of likely N-dealkylation sites (tertiary alicyclic amines) is 1. The molecule has 1 aromatic rings. The molecule has 0 saturated carbocycles. The Bertz CT molecular complexity index is 509. The molecule has 0 bridgehead atoms. The van der Waals surface area contributed by atoms with Gasteiger partial charge in [0, 0.05) is 18.7 Å². The van der Waals surface area contributed by atoms with Gasteiger partial charge in [0.25, 0.3) is 5.91 Å². The van der Waals surface area contributed by atoms with E-state index in [2.05, 4.69) is 15.9 Å². The van der Waals surface area contributed by atoms with Crippen molar-refractivity contribution in [1.29, 1.82) is 0 Å². The van der Waals surface area contributed by atoms with Crippen molar-refractivity contribution in [2.45, 2.75) is 19.4 Å². The Morgan fingerprint density at radius 2 is 1.90 bits per heavy atom. The number of aliphatic hydroxyl groups is 1. The fourth-order valence-corrected chi connectivity index (χ4v) is 2.96. The van der Waals surface area contributed by atoms with Crippen LogP contribution in [0.5, 0.6) is 11.5 Å². The van der Waals surface area contributed by atoms with Crippen LogP contribution in [0.15, 0.2) is 16.6 Å². The first kappa shape index (κ1) is 16.1. The summed E-state index contributed by atoms with van der Waals surface area (Å²) >= 11 is 3.38. The topological polar surface area (TPSA) is 59.0 Å². The van der Waals surface area contributed by atoms with Crippen LogP contribution in [-0.4, -0.2) is 49.3 Å². The van der Waals surface area contributed by atoms with E-state index in [1.165, 1.54) is 0 Å². The van der Waals surface area contributed by atoms with Crippen molar-refractivity contribution in [3.05, 3.63) is 22.2 Å². The van der Waals surface area contributed by atoms with Gasteiger partial charge in [-0.2, -0.15) is 0 Å². The van der Waals surface area contributed by atoms with Gasteiger partial charge in [-0.25, -0.2) is 0 Å². The maximum Gasteiger partial charge on any atom is 0.254 e. The summed E-state index contributed by atoms with van der Waals surface area (Å²) in [4.78, 5) is 14.3. The van der Waals surface area contributed by atoms with Crippen LogP contribution in [0.3, 0.4) is 0 Å². The van der Waals surface area contributed by atoms with Crippen molar-refractivity contribution in [3.8, 4) is 11.5 Å². The molecule has 21 heavy (non-hydrogen) atoms. The number of β-amino-alcohol motifs (C(OH)–C–C–N with tert-alkyl or cyclic N) is 1. The lowest BCUT2D eigenvalue weighted by Gasteiger charge is -2.34. The average molecular weight is 358 g/mol. The summed E-state index contributed by atoms with van der Waals surface area (Å²) < 4.78 is 11.2. The van der Waals surface area contributed by atoms with Gasteiger partial charge in [0.05, 0.1) is 20.3 Å². The third-order valence-electron chi connectivity index (χ3n) is 3.90. The zero-order valence-electron chi connectivity index (χ0n) is 12.4. The quantitative estimate of drug-likeness (QED) is 0.901. The van der Waals surface area contributed by atoms with E-state index >= 15 is 0 Å². The number of halogens is 1. The van der Waals surface area contributed by atoms with Crippen LogP contribution in [0.2, 0.25) is 0 Å². The van der Waals surface area contributed by atoms with Gasteiger partial charge in [-0.1, -0.05) is 6.92 Å². The zero-order valence-corrected chi connectivity index (χ0v) is 14.0. The summed E-state index contributed by atoms with van der Waals surface area (Å²) in [6.45, 7) is 3.01. The number of benzene rings is 1. The van der Waals surface area contributed by atoms with E-state index < -0.39 is 6.10 Å². The first-order valence-corrected chi connectivity index (χ1v) is 7.66. The molecular weight excluding hydrogens is 338 g/mol. The summed E-state index contributed by atoms with van der Waals surface area (Å²) in [5.74, 6) is 1.19. The van der Waals surface area contributed by atoms with Crippen LogP contribution in [0.1, 0.15) is 23.7 Å². The van der Waals surface area contributed by atoms with Crippen LogP contribution in [0.25, 0.3) is 0 Å². The smallest absolute Gasteiger partial charge is 0.254 e. The summed E-state index contributed by atoms with van der Waals surface area (Å²) in [5, 5.41) is 9.94. The number of carbonyl (C=O) groups excluding carboxylic acids is 1. The molecule has 2 rings (SSSR count). The van der Waals surface area contributed by atoms with Crippen LogP contribution in [-0.2, 0) is 0 Å². The molecule has 1 amide bonds. The third-order valence-corrected chi connectivity index (χ3v) is 4.68. The number of hydrogen-bond acceptors (Lipinski definition) is 4. The lowest BCUT2D eigenvalue weighted by Crippen LogP contribution is -2.45. The standard InChI is InChI=1S/C15H20BrNO4/c1-9-4-5-17(8-11(9)18)15(19)10-6-12(20-2)14(16)13(7-10)21-3/h6-7,9,11,18H,4-5,8H2,1-3H3. The van der Waals surface area contributed by atoms with Gasteiger partial charge in [-0.3, -0.25) is 4.79 Å². The Morgan fingerprint density at radius 3 is 2.38 bits per heavy atom. The van der Waals surface area contributed by atoms with Gasteiger partial charge in [-0.15, -0.1) is 0 Å². The van der Waals surface area contributed by atoms with Gasteiger partial charge in [-0.05, 0) is 40.4 Å². The second kappa shape index (κ2) is 6.66.